The second-order valence-electron chi connectivity index (χ2n) is 6.30. The molecule has 1 amide bonds. The second-order valence-corrected chi connectivity index (χ2v) is 8.24. The van der Waals surface area contributed by atoms with Crippen LogP contribution in [0.5, 0.6) is 5.88 Å². The molecule has 29 heavy (non-hydrogen) atoms. The van der Waals surface area contributed by atoms with Crippen molar-refractivity contribution in [3.8, 4) is 5.88 Å². The predicted molar refractivity (Wildman–Crippen MR) is 109 cm³/mol. The Morgan fingerprint density at radius 2 is 1.97 bits per heavy atom. The molecule has 0 saturated carbocycles. The Balaban J connectivity index is 1.76. The lowest BCUT2D eigenvalue weighted by Crippen LogP contribution is -2.18. The smallest absolute Gasteiger partial charge is 0.238 e. The minimum absolute atomic E-state index is 0.0450. The number of aromatic nitrogens is 2. The molecule has 152 valence electrons. The maximum absolute atomic E-state index is 12.3. The molecule has 0 atom stereocenters. The number of sulfonamides is 1. The van der Waals surface area contributed by atoms with Gasteiger partial charge in [-0.25, -0.2) is 13.6 Å². The molecule has 0 spiro atoms. The van der Waals surface area contributed by atoms with E-state index in [9.17, 15) is 13.2 Å². The summed E-state index contributed by atoms with van der Waals surface area (Å²) < 4.78 is 31.1. The van der Waals surface area contributed by atoms with Gasteiger partial charge in [0, 0.05) is 35.6 Å². The lowest BCUT2D eigenvalue weighted by atomic mass is 10.1. The molecular formula is C19H19ClN4O4S. The first-order valence-corrected chi connectivity index (χ1v) is 10.5. The van der Waals surface area contributed by atoms with Gasteiger partial charge in [-0.3, -0.25) is 9.48 Å². The van der Waals surface area contributed by atoms with Gasteiger partial charge in [0.1, 0.15) is 6.61 Å². The predicted octanol–water partition coefficient (Wildman–Crippen LogP) is 2.48. The number of halogens is 1. The summed E-state index contributed by atoms with van der Waals surface area (Å²) in [5, 5.41) is 12.5. The molecule has 3 N–H and O–H groups in total. The summed E-state index contributed by atoms with van der Waals surface area (Å²) in [4.78, 5) is 12.2. The number of amides is 1. The monoisotopic (exact) mass is 434 g/mol. The van der Waals surface area contributed by atoms with E-state index < -0.39 is 10.0 Å². The zero-order valence-corrected chi connectivity index (χ0v) is 17.1. The van der Waals surface area contributed by atoms with E-state index in [1.807, 2.05) is 0 Å². The summed E-state index contributed by atoms with van der Waals surface area (Å²) in [7, 11) is -2.30. The summed E-state index contributed by atoms with van der Waals surface area (Å²) in [5.41, 5.74) is 1.31. The van der Waals surface area contributed by atoms with E-state index >= 15 is 0 Å². The van der Waals surface area contributed by atoms with Gasteiger partial charge in [-0.1, -0.05) is 35.9 Å². The number of aryl methyl sites for hydroxylation is 1. The van der Waals surface area contributed by atoms with Gasteiger partial charge in [0.25, 0.3) is 0 Å². The van der Waals surface area contributed by atoms with Crippen molar-refractivity contribution in [2.45, 2.75) is 17.9 Å². The normalized spacial score (nSPS) is 11.3. The van der Waals surface area contributed by atoms with Gasteiger partial charge in [0.15, 0.2) is 0 Å². The van der Waals surface area contributed by atoms with Crippen LogP contribution in [0.15, 0.2) is 59.6 Å². The maximum Gasteiger partial charge on any atom is 0.238 e. The Kier molecular flexibility index (Phi) is 6.21. The minimum Gasteiger partial charge on any atom is -0.472 e. The highest BCUT2D eigenvalue weighted by Gasteiger charge is 2.17. The van der Waals surface area contributed by atoms with Crippen LogP contribution < -0.4 is 15.2 Å². The van der Waals surface area contributed by atoms with E-state index in [2.05, 4.69) is 10.4 Å². The maximum atomic E-state index is 12.3. The summed E-state index contributed by atoms with van der Waals surface area (Å²) in [5.74, 6) is 0.0148. The van der Waals surface area contributed by atoms with Gasteiger partial charge in [-0.2, -0.15) is 0 Å². The van der Waals surface area contributed by atoms with Crippen LogP contribution in [-0.2, 0) is 34.9 Å². The fraction of sp³-hybridized carbons (Fsp3) is 0.158. The SMILES string of the molecule is Cn1ccc(OCc2ccc(NC(=O)Cc3ccccc3Cl)cc2S(N)(=O)=O)n1. The second kappa shape index (κ2) is 8.64. The number of primary sulfonamides is 1. The van der Waals surface area contributed by atoms with Crippen LogP contribution in [0.2, 0.25) is 5.02 Å². The van der Waals surface area contributed by atoms with E-state index in [-0.39, 0.29) is 23.8 Å². The molecule has 0 aliphatic carbocycles. The third-order valence-corrected chi connectivity index (χ3v) is 5.39. The van der Waals surface area contributed by atoms with Crippen molar-refractivity contribution in [1.29, 1.82) is 0 Å². The molecular weight excluding hydrogens is 416 g/mol. The zero-order valence-electron chi connectivity index (χ0n) is 15.5. The number of benzene rings is 2. The molecule has 1 aromatic heterocycles. The number of nitrogens with two attached hydrogens (primary N) is 1. The summed E-state index contributed by atoms with van der Waals surface area (Å²) in [6, 6.07) is 13.1. The van der Waals surface area contributed by atoms with Gasteiger partial charge in [-0.15, -0.1) is 5.10 Å². The van der Waals surface area contributed by atoms with Crippen molar-refractivity contribution >= 4 is 33.2 Å². The number of rotatable bonds is 7. The van der Waals surface area contributed by atoms with Crippen molar-refractivity contribution in [3.05, 3.63) is 70.9 Å². The highest BCUT2D eigenvalue weighted by Crippen LogP contribution is 2.22. The molecule has 10 heteroatoms. The first-order chi connectivity index (χ1) is 13.7. The number of anilines is 1. The average Bonchev–Trinajstić information content (AvgIpc) is 3.07. The van der Waals surface area contributed by atoms with E-state index in [0.29, 0.717) is 27.7 Å². The molecule has 3 aromatic rings. The summed E-state index contributed by atoms with van der Waals surface area (Å²) in [6.45, 7) is -0.0450. The van der Waals surface area contributed by atoms with E-state index in [1.54, 1.807) is 54.3 Å². The highest BCUT2D eigenvalue weighted by molar-refractivity contribution is 7.89. The number of ether oxygens (including phenoxy) is 1. The molecule has 0 aliphatic heterocycles. The molecule has 0 aliphatic rings. The van der Waals surface area contributed by atoms with Crippen molar-refractivity contribution < 1.29 is 17.9 Å². The molecule has 3 rings (SSSR count). The Morgan fingerprint density at radius 3 is 2.62 bits per heavy atom. The average molecular weight is 435 g/mol. The Bertz CT molecular complexity index is 1140. The van der Waals surface area contributed by atoms with E-state index in [1.165, 1.54) is 12.1 Å². The number of hydrogen-bond acceptors (Lipinski definition) is 5. The van der Waals surface area contributed by atoms with Gasteiger partial charge >= 0.3 is 0 Å². The van der Waals surface area contributed by atoms with Crippen LogP contribution >= 0.6 is 11.6 Å². The lowest BCUT2D eigenvalue weighted by molar-refractivity contribution is -0.115. The van der Waals surface area contributed by atoms with Gasteiger partial charge < -0.3 is 10.1 Å². The third kappa shape index (κ3) is 5.57. The van der Waals surface area contributed by atoms with Crippen molar-refractivity contribution in [3.63, 3.8) is 0 Å². The van der Waals surface area contributed by atoms with Gasteiger partial charge in [0.2, 0.25) is 21.8 Å². The number of nitrogens with one attached hydrogen (secondary N) is 1. The van der Waals surface area contributed by atoms with Gasteiger partial charge in [0.05, 0.1) is 11.3 Å². The van der Waals surface area contributed by atoms with Crippen molar-refractivity contribution in [2.24, 2.45) is 12.2 Å². The number of hydrogen-bond donors (Lipinski definition) is 2. The van der Waals surface area contributed by atoms with E-state index in [4.69, 9.17) is 21.5 Å². The highest BCUT2D eigenvalue weighted by atomic mass is 35.5. The molecule has 0 bridgehead atoms. The first-order valence-electron chi connectivity index (χ1n) is 8.54. The molecule has 2 aromatic carbocycles. The standard InChI is InChI=1S/C19H19ClN4O4S/c1-24-9-8-19(23-24)28-12-14-6-7-15(11-17(14)29(21,26)27)22-18(25)10-13-4-2-3-5-16(13)20/h2-9,11H,10,12H2,1H3,(H,22,25)(H2,21,26,27). The number of carbonyl (C=O) groups is 1. The molecule has 0 fully saturated rings. The molecule has 0 radical (unpaired) electrons. The molecule has 0 unspecified atom stereocenters. The number of nitrogens with zero attached hydrogens (tertiary/aromatic N) is 2. The first kappa shape index (κ1) is 20.8. The Morgan fingerprint density at radius 1 is 1.21 bits per heavy atom. The summed E-state index contributed by atoms with van der Waals surface area (Å²) >= 11 is 6.07. The fourth-order valence-corrected chi connectivity index (χ4v) is 3.64. The molecule has 8 nitrogen and oxygen atoms in total. The van der Waals surface area contributed by atoms with Crippen molar-refractivity contribution in [2.75, 3.05) is 5.32 Å². The van der Waals surface area contributed by atoms with Crippen LogP contribution in [0, 0.1) is 0 Å². The Hall–Kier alpha value is -2.88. The van der Waals surface area contributed by atoms with Crippen LogP contribution in [0.1, 0.15) is 11.1 Å². The van der Waals surface area contributed by atoms with Crippen LogP contribution in [0.3, 0.4) is 0 Å². The van der Waals surface area contributed by atoms with Crippen LogP contribution in [-0.4, -0.2) is 24.1 Å². The van der Waals surface area contributed by atoms with Gasteiger partial charge in [-0.05, 0) is 23.8 Å². The Labute approximate surface area is 173 Å². The number of carbonyl (C=O) groups excluding carboxylic acids is 1. The van der Waals surface area contributed by atoms with Crippen LogP contribution in [0.4, 0.5) is 5.69 Å². The third-order valence-electron chi connectivity index (χ3n) is 4.03. The fourth-order valence-electron chi connectivity index (χ4n) is 2.66. The van der Waals surface area contributed by atoms with Crippen molar-refractivity contribution in [1.82, 2.24) is 9.78 Å². The summed E-state index contributed by atoms with van der Waals surface area (Å²) in [6.07, 6.45) is 1.75. The zero-order chi connectivity index (χ0) is 21.0. The topological polar surface area (TPSA) is 116 Å². The van der Waals surface area contributed by atoms with Crippen LogP contribution in [0.25, 0.3) is 0 Å². The lowest BCUT2D eigenvalue weighted by Gasteiger charge is -2.12. The van der Waals surface area contributed by atoms with E-state index in [0.717, 1.165) is 0 Å². The minimum atomic E-state index is -4.03. The molecule has 1 heterocycles. The largest absolute Gasteiger partial charge is 0.472 e. The molecule has 0 saturated heterocycles. The quantitative estimate of drug-likeness (QED) is 0.592.